The van der Waals surface area contributed by atoms with Crippen LogP contribution in [0.5, 0.6) is 5.75 Å². The molecule has 0 saturated carbocycles. The summed E-state index contributed by atoms with van der Waals surface area (Å²) in [6.07, 6.45) is 0. The maximum absolute atomic E-state index is 11.4. The number of aromatic carboxylic acids is 1. The van der Waals surface area contributed by atoms with Gasteiger partial charge in [-0.25, -0.2) is 4.79 Å². The summed E-state index contributed by atoms with van der Waals surface area (Å²) in [7, 11) is 0. The second kappa shape index (κ2) is 6.36. The van der Waals surface area contributed by atoms with Crippen LogP contribution < -0.4 is 0 Å². The van der Waals surface area contributed by atoms with Gasteiger partial charge in [-0.05, 0) is 55.0 Å². The summed E-state index contributed by atoms with van der Waals surface area (Å²) in [5.41, 5.74) is 3.88. The van der Waals surface area contributed by atoms with Crippen molar-refractivity contribution in [2.24, 2.45) is 10.2 Å². The zero-order chi connectivity index (χ0) is 18.1. The highest BCUT2D eigenvalue weighted by Gasteiger charge is 2.17. The topological polar surface area (TPSA) is 82.2 Å². The molecular weight excluding hydrogens is 316 g/mol. The molecule has 3 aromatic carbocycles. The highest BCUT2D eigenvalue weighted by atomic mass is 16.4. The fraction of sp³-hybridized carbons (Fsp3) is 0.150. The molecule has 0 heterocycles. The van der Waals surface area contributed by atoms with Crippen LogP contribution in [0.2, 0.25) is 0 Å². The largest absolute Gasteiger partial charge is 0.505 e. The molecule has 25 heavy (non-hydrogen) atoms. The summed E-state index contributed by atoms with van der Waals surface area (Å²) < 4.78 is 0. The number of nitrogens with zero attached hydrogens (tertiary/aromatic N) is 2. The first-order valence-corrected chi connectivity index (χ1v) is 7.86. The summed E-state index contributed by atoms with van der Waals surface area (Å²) >= 11 is 0. The number of hydrogen-bond donors (Lipinski definition) is 2. The SMILES string of the molecule is Cc1cc(C)c(/N=N/c2c(O)c(C(=O)O)cc3ccccc23)cc1C. The summed E-state index contributed by atoms with van der Waals surface area (Å²) in [6.45, 7) is 5.96. The molecule has 0 bridgehead atoms. The van der Waals surface area contributed by atoms with E-state index in [1.165, 1.54) is 6.07 Å². The Hall–Kier alpha value is -3.21. The van der Waals surface area contributed by atoms with Gasteiger partial charge in [-0.3, -0.25) is 0 Å². The first-order valence-electron chi connectivity index (χ1n) is 7.86. The average Bonchev–Trinajstić information content (AvgIpc) is 2.57. The molecule has 0 atom stereocenters. The molecule has 0 amide bonds. The summed E-state index contributed by atoms with van der Waals surface area (Å²) in [4.78, 5) is 11.4. The highest BCUT2D eigenvalue weighted by Crippen LogP contribution is 2.39. The molecule has 0 aliphatic heterocycles. The average molecular weight is 334 g/mol. The molecule has 0 aliphatic carbocycles. The van der Waals surface area contributed by atoms with Gasteiger partial charge in [-0.15, -0.1) is 5.11 Å². The van der Waals surface area contributed by atoms with E-state index in [2.05, 4.69) is 10.2 Å². The molecule has 0 saturated heterocycles. The lowest BCUT2D eigenvalue weighted by molar-refractivity contribution is 0.0694. The minimum absolute atomic E-state index is 0.160. The van der Waals surface area contributed by atoms with Crippen molar-refractivity contribution >= 4 is 28.1 Å². The lowest BCUT2D eigenvalue weighted by Crippen LogP contribution is -1.97. The van der Waals surface area contributed by atoms with Crippen LogP contribution >= 0.6 is 0 Å². The normalized spacial score (nSPS) is 11.3. The molecule has 0 spiro atoms. The molecule has 3 rings (SSSR count). The van der Waals surface area contributed by atoms with Crippen LogP contribution in [0, 0.1) is 20.8 Å². The second-order valence-electron chi connectivity index (χ2n) is 6.07. The van der Waals surface area contributed by atoms with Crippen LogP contribution in [0.3, 0.4) is 0 Å². The summed E-state index contributed by atoms with van der Waals surface area (Å²) in [5.74, 6) is -1.58. The monoisotopic (exact) mass is 334 g/mol. The Balaban J connectivity index is 2.20. The number of carboxylic acids is 1. The lowest BCUT2D eigenvalue weighted by atomic mass is 10.0. The third-order valence-corrected chi connectivity index (χ3v) is 4.30. The molecule has 0 radical (unpaired) electrons. The van der Waals surface area contributed by atoms with E-state index in [-0.39, 0.29) is 17.0 Å². The quantitative estimate of drug-likeness (QED) is 0.613. The van der Waals surface area contributed by atoms with Crippen LogP contribution in [0.15, 0.2) is 52.7 Å². The molecule has 5 nitrogen and oxygen atoms in total. The number of rotatable bonds is 3. The number of aryl methyl sites for hydroxylation is 3. The number of fused-ring (bicyclic) bond motifs is 1. The summed E-state index contributed by atoms with van der Waals surface area (Å²) in [6, 6.07) is 12.6. The van der Waals surface area contributed by atoms with Gasteiger partial charge >= 0.3 is 5.97 Å². The van der Waals surface area contributed by atoms with Crippen molar-refractivity contribution in [2.45, 2.75) is 20.8 Å². The molecular formula is C20H18N2O3. The molecule has 0 unspecified atom stereocenters. The van der Waals surface area contributed by atoms with Gasteiger partial charge in [0.25, 0.3) is 0 Å². The van der Waals surface area contributed by atoms with E-state index in [4.69, 9.17) is 0 Å². The van der Waals surface area contributed by atoms with Crippen LogP contribution in [0.1, 0.15) is 27.0 Å². The second-order valence-corrected chi connectivity index (χ2v) is 6.07. The molecule has 0 aliphatic rings. The van der Waals surface area contributed by atoms with Crippen LogP contribution in [0.25, 0.3) is 10.8 Å². The Bertz CT molecular complexity index is 1020. The molecule has 5 heteroatoms. The van der Waals surface area contributed by atoms with E-state index in [0.29, 0.717) is 16.5 Å². The molecule has 0 fully saturated rings. The van der Waals surface area contributed by atoms with Crippen molar-refractivity contribution < 1.29 is 15.0 Å². The van der Waals surface area contributed by atoms with Crippen molar-refractivity contribution in [1.82, 2.24) is 0 Å². The van der Waals surface area contributed by atoms with Crippen molar-refractivity contribution in [3.63, 3.8) is 0 Å². The lowest BCUT2D eigenvalue weighted by Gasteiger charge is -2.08. The number of carboxylic acid groups (broad SMARTS) is 1. The van der Waals surface area contributed by atoms with Crippen LogP contribution in [0.4, 0.5) is 11.4 Å². The van der Waals surface area contributed by atoms with E-state index >= 15 is 0 Å². The van der Waals surface area contributed by atoms with Crippen molar-refractivity contribution in [3.8, 4) is 5.75 Å². The Kier molecular flexibility index (Phi) is 4.23. The van der Waals surface area contributed by atoms with Gasteiger partial charge < -0.3 is 10.2 Å². The molecule has 0 aromatic heterocycles. The predicted molar refractivity (Wildman–Crippen MR) is 97.4 cm³/mol. The Morgan fingerprint density at radius 3 is 2.32 bits per heavy atom. The van der Waals surface area contributed by atoms with Crippen LogP contribution in [-0.4, -0.2) is 16.2 Å². The third kappa shape index (κ3) is 3.08. The Morgan fingerprint density at radius 1 is 0.920 bits per heavy atom. The fourth-order valence-corrected chi connectivity index (χ4v) is 2.74. The van der Waals surface area contributed by atoms with Crippen molar-refractivity contribution in [1.29, 1.82) is 0 Å². The van der Waals surface area contributed by atoms with E-state index in [9.17, 15) is 15.0 Å². The highest BCUT2D eigenvalue weighted by molar-refractivity contribution is 6.04. The number of benzene rings is 3. The number of azo groups is 1. The standard InChI is InChI=1S/C20H18N2O3/c1-11-8-13(3)17(9-12(11)2)21-22-18-15-7-5-4-6-14(15)10-16(19(18)23)20(24)25/h4-10,23H,1-3H3,(H,24,25)/b22-21+. The maximum Gasteiger partial charge on any atom is 0.339 e. The number of phenols is 1. The zero-order valence-electron chi connectivity index (χ0n) is 14.2. The molecule has 3 aromatic rings. The number of carbonyl (C=O) groups is 1. The fourth-order valence-electron chi connectivity index (χ4n) is 2.74. The Labute approximate surface area is 145 Å². The van der Waals surface area contributed by atoms with E-state index in [1.54, 1.807) is 18.2 Å². The van der Waals surface area contributed by atoms with Gasteiger partial charge in [-0.1, -0.05) is 30.3 Å². The smallest absolute Gasteiger partial charge is 0.339 e. The number of hydrogen-bond acceptors (Lipinski definition) is 4. The molecule has 2 N–H and O–H groups in total. The Morgan fingerprint density at radius 2 is 1.60 bits per heavy atom. The minimum atomic E-state index is -1.21. The van der Waals surface area contributed by atoms with Gasteiger partial charge in [0.1, 0.15) is 11.3 Å². The summed E-state index contributed by atoms with van der Waals surface area (Å²) in [5, 5.41) is 29.5. The maximum atomic E-state index is 11.4. The van der Waals surface area contributed by atoms with Crippen molar-refractivity contribution in [3.05, 3.63) is 64.7 Å². The van der Waals surface area contributed by atoms with Gasteiger partial charge in [0.05, 0.1) is 5.69 Å². The van der Waals surface area contributed by atoms with Crippen molar-refractivity contribution in [2.75, 3.05) is 0 Å². The first-order chi connectivity index (χ1) is 11.9. The predicted octanol–water partition coefficient (Wildman–Crippen LogP) is 5.58. The van der Waals surface area contributed by atoms with Gasteiger partial charge in [0, 0.05) is 5.39 Å². The first kappa shape index (κ1) is 16.6. The van der Waals surface area contributed by atoms with E-state index in [1.807, 2.05) is 39.0 Å². The van der Waals surface area contributed by atoms with E-state index < -0.39 is 5.97 Å². The molecule has 126 valence electrons. The number of aromatic hydroxyl groups is 1. The third-order valence-electron chi connectivity index (χ3n) is 4.30. The van der Waals surface area contributed by atoms with Crippen LogP contribution in [-0.2, 0) is 0 Å². The van der Waals surface area contributed by atoms with Gasteiger partial charge in [-0.2, -0.15) is 5.11 Å². The van der Waals surface area contributed by atoms with Gasteiger partial charge in [0.2, 0.25) is 0 Å². The van der Waals surface area contributed by atoms with E-state index in [0.717, 1.165) is 16.7 Å². The minimum Gasteiger partial charge on any atom is -0.505 e. The van der Waals surface area contributed by atoms with Gasteiger partial charge in [0.15, 0.2) is 5.75 Å². The zero-order valence-corrected chi connectivity index (χ0v) is 14.2.